The SMILES string of the molecule is Cc1cccc(C)c1Cn1nc(C(=O)O)c2ccccc21. The van der Waals surface area contributed by atoms with Crippen molar-refractivity contribution in [1.29, 1.82) is 0 Å². The second-order valence-electron chi connectivity index (χ2n) is 5.20. The van der Waals surface area contributed by atoms with Gasteiger partial charge < -0.3 is 5.11 Å². The van der Waals surface area contributed by atoms with Crippen LogP contribution < -0.4 is 0 Å². The molecular weight excluding hydrogens is 264 g/mol. The van der Waals surface area contributed by atoms with Gasteiger partial charge in [0.2, 0.25) is 0 Å². The van der Waals surface area contributed by atoms with Crippen molar-refractivity contribution in [2.24, 2.45) is 0 Å². The van der Waals surface area contributed by atoms with Crippen LogP contribution in [-0.2, 0) is 6.54 Å². The van der Waals surface area contributed by atoms with Gasteiger partial charge in [-0.1, -0.05) is 36.4 Å². The normalized spacial score (nSPS) is 11.0. The van der Waals surface area contributed by atoms with Crippen LogP contribution in [0.15, 0.2) is 42.5 Å². The number of fused-ring (bicyclic) bond motifs is 1. The van der Waals surface area contributed by atoms with Gasteiger partial charge in [0.15, 0.2) is 5.69 Å². The summed E-state index contributed by atoms with van der Waals surface area (Å²) in [5.74, 6) is -0.994. The van der Waals surface area contributed by atoms with Gasteiger partial charge in [-0.25, -0.2) is 4.79 Å². The van der Waals surface area contributed by atoms with Gasteiger partial charge in [-0.3, -0.25) is 4.68 Å². The molecule has 1 heterocycles. The molecule has 3 rings (SSSR count). The Hall–Kier alpha value is -2.62. The summed E-state index contributed by atoms with van der Waals surface area (Å²) in [5, 5.41) is 14.3. The predicted molar refractivity (Wildman–Crippen MR) is 81.7 cm³/mol. The Morgan fingerprint density at radius 3 is 2.43 bits per heavy atom. The standard InChI is InChI=1S/C17H16N2O2/c1-11-6-5-7-12(2)14(11)10-19-15-9-4-3-8-13(15)16(18-19)17(20)21/h3-9H,10H2,1-2H3,(H,20,21). The minimum atomic E-state index is -0.994. The minimum absolute atomic E-state index is 0.108. The summed E-state index contributed by atoms with van der Waals surface area (Å²) in [4.78, 5) is 11.3. The van der Waals surface area contributed by atoms with Gasteiger partial charge in [0.25, 0.3) is 0 Å². The topological polar surface area (TPSA) is 55.1 Å². The molecule has 0 aliphatic carbocycles. The monoisotopic (exact) mass is 280 g/mol. The molecule has 4 nitrogen and oxygen atoms in total. The second kappa shape index (κ2) is 5.05. The molecule has 0 atom stereocenters. The number of hydrogen-bond donors (Lipinski definition) is 1. The van der Waals surface area contributed by atoms with Crippen LogP contribution in [0.1, 0.15) is 27.2 Å². The number of hydrogen-bond acceptors (Lipinski definition) is 2. The van der Waals surface area contributed by atoms with E-state index in [9.17, 15) is 9.90 Å². The Balaban J connectivity index is 2.15. The van der Waals surface area contributed by atoms with Gasteiger partial charge >= 0.3 is 5.97 Å². The van der Waals surface area contributed by atoms with E-state index in [4.69, 9.17) is 0 Å². The van der Waals surface area contributed by atoms with Crippen LogP contribution in [0.3, 0.4) is 0 Å². The number of aromatic nitrogens is 2. The molecule has 106 valence electrons. The first kappa shape index (κ1) is 13.4. The number of nitrogens with zero attached hydrogens (tertiary/aromatic N) is 2. The van der Waals surface area contributed by atoms with Gasteiger partial charge in [-0.05, 0) is 36.6 Å². The van der Waals surface area contributed by atoms with Gasteiger partial charge in [0, 0.05) is 5.39 Å². The molecule has 1 aromatic heterocycles. The molecule has 0 radical (unpaired) electrons. The van der Waals surface area contributed by atoms with Crippen molar-refractivity contribution in [1.82, 2.24) is 9.78 Å². The first-order chi connectivity index (χ1) is 10.1. The average molecular weight is 280 g/mol. The molecule has 0 spiro atoms. The molecule has 1 N–H and O–H groups in total. The Bertz CT molecular complexity index is 814. The highest BCUT2D eigenvalue weighted by molar-refractivity contribution is 6.01. The van der Waals surface area contributed by atoms with Gasteiger partial charge in [-0.2, -0.15) is 5.10 Å². The van der Waals surface area contributed by atoms with Crippen LogP contribution in [-0.4, -0.2) is 20.9 Å². The third-order valence-electron chi connectivity index (χ3n) is 3.81. The fraction of sp³-hybridized carbons (Fsp3) is 0.176. The van der Waals surface area contributed by atoms with E-state index in [0.717, 1.165) is 5.52 Å². The summed E-state index contributed by atoms with van der Waals surface area (Å²) in [6.45, 7) is 4.70. The molecular formula is C17H16N2O2. The third kappa shape index (κ3) is 2.29. The van der Waals surface area contributed by atoms with E-state index < -0.39 is 5.97 Å². The maximum Gasteiger partial charge on any atom is 0.357 e. The molecule has 0 fully saturated rings. The van der Waals surface area contributed by atoms with Crippen molar-refractivity contribution in [3.8, 4) is 0 Å². The largest absolute Gasteiger partial charge is 0.476 e. The zero-order chi connectivity index (χ0) is 15.0. The predicted octanol–water partition coefficient (Wildman–Crippen LogP) is 3.40. The van der Waals surface area contributed by atoms with Crippen molar-refractivity contribution < 1.29 is 9.90 Å². The molecule has 21 heavy (non-hydrogen) atoms. The summed E-state index contributed by atoms with van der Waals surface area (Å²) in [6.07, 6.45) is 0. The van der Waals surface area contributed by atoms with E-state index in [-0.39, 0.29) is 5.69 Å². The van der Waals surface area contributed by atoms with Crippen molar-refractivity contribution in [3.63, 3.8) is 0 Å². The maximum absolute atomic E-state index is 11.3. The highest BCUT2D eigenvalue weighted by Gasteiger charge is 2.16. The van der Waals surface area contributed by atoms with E-state index in [1.54, 1.807) is 10.7 Å². The smallest absolute Gasteiger partial charge is 0.357 e. The molecule has 0 saturated carbocycles. The zero-order valence-electron chi connectivity index (χ0n) is 12.0. The number of carboxylic acid groups (broad SMARTS) is 1. The van der Waals surface area contributed by atoms with Crippen molar-refractivity contribution in [3.05, 3.63) is 64.8 Å². The summed E-state index contributed by atoms with van der Waals surface area (Å²) in [7, 11) is 0. The lowest BCUT2D eigenvalue weighted by atomic mass is 10.0. The zero-order valence-corrected chi connectivity index (χ0v) is 12.0. The van der Waals surface area contributed by atoms with Crippen molar-refractivity contribution in [2.75, 3.05) is 0 Å². The highest BCUT2D eigenvalue weighted by atomic mass is 16.4. The number of carbonyl (C=O) groups is 1. The Kier molecular flexibility index (Phi) is 3.22. The molecule has 0 unspecified atom stereocenters. The molecule has 0 aliphatic rings. The average Bonchev–Trinajstić information content (AvgIpc) is 2.82. The summed E-state index contributed by atoms with van der Waals surface area (Å²) in [5.41, 5.74) is 4.51. The van der Waals surface area contributed by atoms with Crippen LogP contribution in [0.4, 0.5) is 0 Å². The van der Waals surface area contributed by atoms with E-state index in [1.807, 2.05) is 24.3 Å². The van der Waals surface area contributed by atoms with Crippen molar-refractivity contribution in [2.45, 2.75) is 20.4 Å². The fourth-order valence-corrected chi connectivity index (χ4v) is 2.65. The van der Waals surface area contributed by atoms with Gasteiger partial charge in [0.1, 0.15) is 0 Å². The highest BCUT2D eigenvalue weighted by Crippen LogP contribution is 2.21. The molecule has 3 aromatic rings. The summed E-state index contributed by atoms with van der Waals surface area (Å²) in [6, 6.07) is 13.6. The number of aromatic carboxylic acids is 1. The molecule has 0 bridgehead atoms. The maximum atomic E-state index is 11.3. The van der Waals surface area contributed by atoms with Crippen molar-refractivity contribution >= 4 is 16.9 Å². The molecule has 4 heteroatoms. The Morgan fingerprint density at radius 1 is 1.10 bits per heavy atom. The van der Waals surface area contributed by atoms with Crippen LogP contribution in [0.25, 0.3) is 10.9 Å². The lowest BCUT2D eigenvalue weighted by Gasteiger charge is -2.10. The van der Waals surface area contributed by atoms with E-state index in [1.165, 1.54) is 16.7 Å². The van der Waals surface area contributed by atoms with E-state index in [0.29, 0.717) is 11.9 Å². The van der Waals surface area contributed by atoms with E-state index in [2.05, 4.69) is 31.1 Å². The first-order valence-corrected chi connectivity index (χ1v) is 6.82. The van der Waals surface area contributed by atoms with Crippen LogP contribution in [0, 0.1) is 13.8 Å². The lowest BCUT2D eigenvalue weighted by molar-refractivity contribution is 0.0691. The molecule has 0 saturated heterocycles. The fourth-order valence-electron chi connectivity index (χ4n) is 2.65. The number of carboxylic acids is 1. The molecule has 2 aromatic carbocycles. The molecule has 0 aliphatic heterocycles. The van der Waals surface area contributed by atoms with E-state index >= 15 is 0 Å². The summed E-state index contributed by atoms with van der Waals surface area (Å²) < 4.78 is 1.77. The number of benzene rings is 2. The number of rotatable bonds is 3. The van der Waals surface area contributed by atoms with Crippen LogP contribution in [0.2, 0.25) is 0 Å². The third-order valence-corrected chi connectivity index (χ3v) is 3.81. The summed E-state index contributed by atoms with van der Waals surface area (Å²) >= 11 is 0. The second-order valence-corrected chi connectivity index (χ2v) is 5.20. The first-order valence-electron chi connectivity index (χ1n) is 6.82. The lowest BCUT2D eigenvalue weighted by Crippen LogP contribution is -2.07. The quantitative estimate of drug-likeness (QED) is 0.800. The minimum Gasteiger partial charge on any atom is -0.476 e. The van der Waals surface area contributed by atoms with Gasteiger partial charge in [0.05, 0.1) is 12.1 Å². The van der Waals surface area contributed by atoms with Gasteiger partial charge in [-0.15, -0.1) is 0 Å². The Morgan fingerprint density at radius 2 is 1.76 bits per heavy atom. The number of aryl methyl sites for hydroxylation is 2. The number of para-hydroxylation sites is 1. The van der Waals surface area contributed by atoms with Crippen LogP contribution in [0.5, 0.6) is 0 Å². The Labute approximate surface area is 122 Å². The molecule has 0 amide bonds. The van der Waals surface area contributed by atoms with Crippen LogP contribution >= 0.6 is 0 Å².